The number of rotatable bonds is 3. The van der Waals surface area contributed by atoms with Gasteiger partial charge in [0.2, 0.25) is 0 Å². The smallest absolute Gasteiger partial charge is 0.0224 e. The lowest BCUT2D eigenvalue weighted by molar-refractivity contribution is 0.106. The predicted molar refractivity (Wildman–Crippen MR) is 62.9 cm³/mol. The van der Waals surface area contributed by atoms with E-state index in [0.717, 1.165) is 30.0 Å². The molecule has 2 heteroatoms. The van der Waals surface area contributed by atoms with Gasteiger partial charge >= 0.3 is 0 Å². The third-order valence-corrected chi connectivity index (χ3v) is 4.65. The van der Waals surface area contributed by atoms with Crippen molar-refractivity contribution in [2.75, 3.05) is 13.1 Å². The molecule has 15 heavy (non-hydrogen) atoms. The fourth-order valence-electron chi connectivity index (χ4n) is 3.21. The Bertz CT molecular complexity index is 237. The van der Waals surface area contributed by atoms with E-state index in [9.17, 15) is 0 Å². The summed E-state index contributed by atoms with van der Waals surface area (Å²) in [5.74, 6) is 1.98. The zero-order valence-corrected chi connectivity index (χ0v) is 10.1. The Kier molecular flexibility index (Phi) is 2.52. The van der Waals surface area contributed by atoms with E-state index in [0.29, 0.717) is 0 Å². The lowest BCUT2D eigenvalue weighted by atomic mass is 10.0. The number of hydrogen-bond donors (Lipinski definition) is 1. The maximum Gasteiger partial charge on any atom is 0.0224 e. The molecular weight excluding hydrogens is 184 g/mol. The summed E-state index contributed by atoms with van der Waals surface area (Å²) < 4.78 is 0. The summed E-state index contributed by atoms with van der Waals surface area (Å²) in [5.41, 5.74) is 0. The van der Waals surface area contributed by atoms with Crippen LogP contribution in [0.25, 0.3) is 0 Å². The van der Waals surface area contributed by atoms with Crippen molar-refractivity contribution in [3.63, 3.8) is 0 Å². The molecule has 86 valence electrons. The van der Waals surface area contributed by atoms with Crippen molar-refractivity contribution in [1.29, 1.82) is 0 Å². The molecule has 0 spiro atoms. The lowest BCUT2D eigenvalue weighted by Crippen LogP contribution is -2.57. The topological polar surface area (TPSA) is 15.3 Å². The largest absolute Gasteiger partial charge is 0.311 e. The maximum absolute atomic E-state index is 3.77. The minimum Gasteiger partial charge on any atom is -0.311 e. The van der Waals surface area contributed by atoms with E-state index in [1.165, 1.54) is 38.8 Å². The van der Waals surface area contributed by atoms with Crippen LogP contribution in [0.4, 0.5) is 0 Å². The summed E-state index contributed by atoms with van der Waals surface area (Å²) in [6.45, 7) is 7.31. The molecule has 1 N–H and O–H groups in total. The Labute approximate surface area is 93.4 Å². The zero-order valence-electron chi connectivity index (χ0n) is 10.1. The third-order valence-electron chi connectivity index (χ3n) is 4.65. The van der Waals surface area contributed by atoms with Crippen molar-refractivity contribution in [2.45, 2.75) is 57.7 Å². The average molecular weight is 208 g/mol. The van der Waals surface area contributed by atoms with Gasteiger partial charge < -0.3 is 5.32 Å². The van der Waals surface area contributed by atoms with Crippen molar-refractivity contribution in [3.8, 4) is 0 Å². The highest BCUT2D eigenvalue weighted by atomic mass is 15.3. The molecular formula is C13H24N2. The molecule has 1 heterocycles. The summed E-state index contributed by atoms with van der Waals surface area (Å²) in [5, 5.41) is 3.77. The molecule has 3 aliphatic rings. The van der Waals surface area contributed by atoms with Crippen molar-refractivity contribution in [3.05, 3.63) is 0 Å². The second-order valence-electron chi connectivity index (χ2n) is 5.89. The number of piperazine rings is 1. The van der Waals surface area contributed by atoms with Crippen LogP contribution < -0.4 is 5.32 Å². The van der Waals surface area contributed by atoms with Crippen LogP contribution in [0.15, 0.2) is 0 Å². The standard InChI is InChI=1S/C13H24N2/c1-3-11-7-14-12(10-4-5-10)8-15(11)13-6-9(13)2/h9-14H,3-8H2,1-2H3. The normalized spacial score (nSPS) is 46.8. The molecule has 3 rings (SSSR count). The summed E-state index contributed by atoms with van der Waals surface area (Å²) in [4.78, 5) is 2.82. The molecule has 1 aliphatic heterocycles. The Balaban J connectivity index is 1.64. The van der Waals surface area contributed by atoms with Gasteiger partial charge in [0, 0.05) is 31.2 Å². The quantitative estimate of drug-likeness (QED) is 0.761. The fraction of sp³-hybridized carbons (Fsp3) is 1.00. The van der Waals surface area contributed by atoms with Gasteiger partial charge in [-0.25, -0.2) is 0 Å². The first-order valence-electron chi connectivity index (χ1n) is 6.78. The molecule has 2 saturated carbocycles. The van der Waals surface area contributed by atoms with Crippen LogP contribution >= 0.6 is 0 Å². The molecule has 4 unspecified atom stereocenters. The Hall–Kier alpha value is -0.0800. The van der Waals surface area contributed by atoms with Crippen molar-refractivity contribution in [1.82, 2.24) is 10.2 Å². The van der Waals surface area contributed by atoms with Crippen LogP contribution in [-0.4, -0.2) is 36.1 Å². The van der Waals surface area contributed by atoms with Crippen molar-refractivity contribution < 1.29 is 0 Å². The van der Waals surface area contributed by atoms with E-state index in [4.69, 9.17) is 0 Å². The van der Waals surface area contributed by atoms with Gasteiger partial charge in [-0.2, -0.15) is 0 Å². The summed E-state index contributed by atoms with van der Waals surface area (Å²) in [6, 6.07) is 2.56. The lowest BCUT2D eigenvalue weighted by Gasteiger charge is -2.41. The highest BCUT2D eigenvalue weighted by Crippen LogP contribution is 2.40. The monoisotopic (exact) mass is 208 g/mol. The van der Waals surface area contributed by atoms with Crippen LogP contribution in [0.3, 0.4) is 0 Å². The number of nitrogens with one attached hydrogen (secondary N) is 1. The second-order valence-corrected chi connectivity index (χ2v) is 5.89. The molecule has 4 atom stereocenters. The first-order valence-corrected chi connectivity index (χ1v) is 6.78. The SMILES string of the molecule is CCC1CNC(C2CC2)CN1C1CC1C. The predicted octanol–water partition coefficient (Wildman–Crippen LogP) is 1.86. The van der Waals surface area contributed by atoms with Gasteiger partial charge in [0.15, 0.2) is 0 Å². The summed E-state index contributed by atoms with van der Waals surface area (Å²) in [7, 11) is 0. The Morgan fingerprint density at radius 1 is 1.33 bits per heavy atom. The highest BCUT2D eigenvalue weighted by molar-refractivity contribution is 5.01. The van der Waals surface area contributed by atoms with E-state index in [1.807, 2.05) is 0 Å². The molecule has 0 aromatic carbocycles. The molecule has 0 bridgehead atoms. The van der Waals surface area contributed by atoms with Gasteiger partial charge in [-0.15, -0.1) is 0 Å². The van der Waals surface area contributed by atoms with E-state index < -0.39 is 0 Å². The molecule has 0 amide bonds. The van der Waals surface area contributed by atoms with Gasteiger partial charge in [0.05, 0.1) is 0 Å². The number of hydrogen-bond acceptors (Lipinski definition) is 2. The number of nitrogens with zero attached hydrogens (tertiary/aromatic N) is 1. The molecule has 2 aliphatic carbocycles. The Morgan fingerprint density at radius 3 is 2.60 bits per heavy atom. The van der Waals surface area contributed by atoms with E-state index in [2.05, 4.69) is 24.1 Å². The van der Waals surface area contributed by atoms with Crippen LogP contribution in [0.1, 0.15) is 39.5 Å². The molecule has 0 radical (unpaired) electrons. The second kappa shape index (κ2) is 3.74. The zero-order chi connectivity index (χ0) is 10.4. The fourth-order valence-corrected chi connectivity index (χ4v) is 3.21. The average Bonchev–Trinajstić information content (AvgIpc) is 3.11. The van der Waals surface area contributed by atoms with E-state index >= 15 is 0 Å². The van der Waals surface area contributed by atoms with Crippen molar-refractivity contribution in [2.24, 2.45) is 11.8 Å². The molecule has 2 nitrogen and oxygen atoms in total. The molecule has 1 saturated heterocycles. The van der Waals surface area contributed by atoms with Crippen LogP contribution in [0.5, 0.6) is 0 Å². The summed E-state index contributed by atoms with van der Waals surface area (Å²) >= 11 is 0. The van der Waals surface area contributed by atoms with Crippen LogP contribution in [0, 0.1) is 11.8 Å². The van der Waals surface area contributed by atoms with Crippen molar-refractivity contribution >= 4 is 0 Å². The minimum absolute atomic E-state index is 0.815. The van der Waals surface area contributed by atoms with Crippen LogP contribution in [-0.2, 0) is 0 Å². The van der Waals surface area contributed by atoms with E-state index in [1.54, 1.807) is 0 Å². The summed E-state index contributed by atoms with van der Waals surface area (Å²) in [6.07, 6.45) is 5.71. The van der Waals surface area contributed by atoms with Gasteiger partial charge in [-0.1, -0.05) is 13.8 Å². The third kappa shape index (κ3) is 1.94. The first-order chi connectivity index (χ1) is 7.29. The van der Waals surface area contributed by atoms with E-state index in [-0.39, 0.29) is 0 Å². The van der Waals surface area contributed by atoms with Gasteiger partial charge in [-0.05, 0) is 37.5 Å². The van der Waals surface area contributed by atoms with Gasteiger partial charge in [0.25, 0.3) is 0 Å². The van der Waals surface area contributed by atoms with Crippen LogP contribution in [0.2, 0.25) is 0 Å². The van der Waals surface area contributed by atoms with Gasteiger partial charge in [-0.3, -0.25) is 4.90 Å². The Morgan fingerprint density at radius 2 is 2.07 bits per heavy atom. The highest BCUT2D eigenvalue weighted by Gasteiger charge is 2.45. The van der Waals surface area contributed by atoms with Gasteiger partial charge in [0.1, 0.15) is 0 Å². The molecule has 3 fully saturated rings. The molecule has 0 aromatic rings. The first kappa shape index (κ1) is 10.1. The minimum atomic E-state index is 0.815. The maximum atomic E-state index is 3.77. The molecule has 0 aromatic heterocycles.